The Kier molecular flexibility index (Phi) is 7.21. The third-order valence-corrected chi connectivity index (χ3v) is 7.16. The maximum Gasteiger partial charge on any atom is 0.251 e. The van der Waals surface area contributed by atoms with Crippen molar-refractivity contribution in [3.8, 4) is 22.9 Å². The predicted octanol–water partition coefficient (Wildman–Crippen LogP) is 4.34. The van der Waals surface area contributed by atoms with Gasteiger partial charge in [-0.25, -0.2) is 4.39 Å². The summed E-state index contributed by atoms with van der Waals surface area (Å²) in [5.74, 6) is -1.96. The number of carbonyl (C=O) groups is 2. The number of hydrogen-bond donors (Lipinski definition) is 3. The average molecular weight is 524 g/mol. The smallest absolute Gasteiger partial charge is 0.251 e. The van der Waals surface area contributed by atoms with Crippen LogP contribution in [0.3, 0.4) is 0 Å². The first-order valence-corrected chi connectivity index (χ1v) is 12.5. The fourth-order valence-corrected chi connectivity index (χ4v) is 4.97. The summed E-state index contributed by atoms with van der Waals surface area (Å²) in [5.41, 5.74) is 2.53. The number of H-pyrrole nitrogens is 1. The number of carbonyl (C=O) groups excluding carboxylic acids is 2. The molecule has 4 aromatic rings. The molecule has 0 atom stereocenters. The van der Waals surface area contributed by atoms with E-state index < -0.39 is 17.1 Å². The first kappa shape index (κ1) is 25.8. The van der Waals surface area contributed by atoms with Crippen molar-refractivity contribution < 1.29 is 18.7 Å². The van der Waals surface area contributed by atoms with Gasteiger partial charge in [-0.1, -0.05) is 36.4 Å². The molecule has 3 aromatic carbocycles. The van der Waals surface area contributed by atoms with Crippen molar-refractivity contribution in [2.45, 2.75) is 18.4 Å². The molecule has 0 unspecified atom stereocenters. The van der Waals surface area contributed by atoms with Crippen molar-refractivity contribution >= 4 is 11.7 Å². The molecule has 196 valence electrons. The van der Waals surface area contributed by atoms with Crippen LogP contribution in [0.25, 0.3) is 11.1 Å². The minimum Gasteiger partial charge on any atom is -0.494 e. The summed E-state index contributed by atoms with van der Waals surface area (Å²) in [4.78, 5) is 26.5. The summed E-state index contributed by atoms with van der Waals surface area (Å²) >= 11 is 0. The van der Waals surface area contributed by atoms with Crippen molar-refractivity contribution in [3.63, 3.8) is 0 Å². The lowest BCUT2D eigenvalue weighted by Gasteiger charge is -2.39. The van der Waals surface area contributed by atoms with Crippen LogP contribution in [0.5, 0.6) is 5.75 Å². The molecule has 1 aromatic heterocycles. The van der Waals surface area contributed by atoms with Gasteiger partial charge in [0.15, 0.2) is 17.3 Å². The summed E-state index contributed by atoms with van der Waals surface area (Å²) in [5, 5.41) is 22.8. The number of piperidine rings is 1. The van der Waals surface area contributed by atoms with Gasteiger partial charge in [0.05, 0.1) is 30.0 Å². The van der Waals surface area contributed by atoms with Crippen LogP contribution in [-0.4, -0.2) is 42.1 Å². The van der Waals surface area contributed by atoms with Crippen LogP contribution in [0.2, 0.25) is 0 Å². The molecular formula is C30H26FN5O3. The molecule has 1 amide bonds. The first-order valence-electron chi connectivity index (χ1n) is 12.5. The van der Waals surface area contributed by atoms with E-state index in [0.717, 1.165) is 29.8 Å². The molecule has 0 saturated carbocycles. The lowest BCUT2D eigenvalue weighted by molar-refractivity contribution is 0.0871. The normalized spacial score (nSPS) is 14.3. The largest absolute Gasteiger partial charge is 0.494 e. The maximum atomic E-state index is 14.9. The highest BCUT2D eigenvalue weighted by Crippen LogP contribution is 2.33. The highest BCUT2D eigenvalue weighted by atomic mass is 19.1. The first-order chi connectivity index (χ1) is 19.0. The second-order valence-corrected chi connectivity index (χ2v) is 9.37. The zero-order valence-corrected chi connectivity index (χ0v) is 21.3. The minimum absolute atomic E-state index is 0.0910. The van der Waals surface area contributed by atoms with E-state index in [9.17, 15) is 19.2 Å². The van der Waals surface area contributed by atoms with Crippen LogP contribution < -0.4 is 15.4 Å². The molecule has 3 N–H and O–H groups in total. The van der Waals surface area contributed by atoms with E-state index in [2.05, 4.69) is 20.8 Å². The van der Waals surface area contributed by atoms with Crippen LogP contribution in [0.15, 0.2) is 73.1 Å². The Morgan fingerprint density at radius 2 is 1.69 bits per heavy atom. The van der Waals surface area contributed by atoms with Crippen LogP contribution in [-0.2, 0) is 5.54 Å². The Morgan fingerprint density at radius 1 is 1.00 bits per heavy atom. The lowest BCUT2D eigenvalue weighted by Crippen LogP contribution is -2.52. The van der Waals surface area contributed by atoms with Crippen LogP contribution in [0.4, 0.5) is 4.39 Å². The highest BCUT2D eigenvalue weighted by molar-refractivity contribution is 6.11. The average Bonchev–Trinajstić information content (AvgIpc) is 3.52. The van der Waals surface area contributed by atoms with Crippen LogP contribution in [0, 0.1) is 17.1 Å². The van der Waals surface area contributed by atoms with Gasteiger partial charge < -0.3 is 15.4 Å². The second kappa shape index (κ2) is 10.9. The number of nitrogens with zero attached hydrogens (tertiary/aromatic N) is 2. The zero-order valence-electron chi connectivity index (χ0n) is 21.3. The second-order valence-electron chi connectivity index (χ2n) is 9.37. The Balaban J connectivity index is 1.38. The quantitative estimate of drug-likeness (QED) is 0.310. The fraction of sp³-hybridized carbons (Fsp3) is 0.200. The standard InChI is InChI=1S/C30H26FN5O3/c1-39-25-11-8-22(16-32)26(27(25)31)28(37)20-2-4-21(5-3-20)29(38)36-30(12-14-33-15-13-30)24-9-6-19(7-10-24)23-17-34-35-18-23/h2-11,17-18,33H,12-15H2,1H3,(H,34,35)(H,36,38). The van der Waals surface area contributed by atoms with Crippen molar-refractivity contribution in [1.29, 1.82) is 5.26 Å². The number of ketones is 1. The number of nitrogens with one attached hydrogen (secondary N) is 3. The number of aromatic amines is 1. The van der Waals surface area contributed by atoms with Crippen molar-refractivity contribution in [2.75, 3.05) is 20.2 Å². The molecule has 1 saturated heterocycles. The van der Waals surface area contributed by atoms with Crippen molar-refractivity contribution in [1.82, 2.24) is 20.8 Å². The summed E-state index contributed by atoms with van der Waals surface area (Å²) < 4.78 is 19.8. The van der Waals surface area contributed by atoms with E-state index in [0.29, 0.717) is 18.4 Å². The number of aromatic nitrogens is 2. The number of nitriles is 1. The van der Waals surface area contributed by atoms with Gasteiger partial charge in [-0.3, -0.25) is 14.7 Å². The van der Waals surface area contributed by atoms with E-state index in [4.69, 9.17) is 4.74 Å². The van der Waals surface area contributed by atoms with Gasteiger partial charge >= 0.3 is 0 Å². The number of benzene rings is 3. The molecule has 39 heavy (non-hydrogen) atoms. The Hall–Kier alpha value is -4.81. The molecule has 1 aliphatic rings. The molecule has 2 heterocycles. The molecule has 0 aliphatic carbocycles. The Labute approximate surface area is 224 Å². The van der Waals surface area contributed by atoms with Crippen molar-refractivity contribution in [2.24, 2.45) is 0 Å². The molecular weight excluding hydrogens is 497 g/mol. The number of hydrogen-bond acceptors (Lipinski definition) is 6. The maximum absolute atomic E-state index is 14.9. The van der Waals surface area contributed by atoms with Gasteiger partial charge in [-0.15, -0.1) is 0 Å². The van der Waals surface area contributed by atoms with Gasteiger partial charge in [0, 0.05) is 22.9 Å². The summed E-state index contributed by atoms with van der Waals surface area (Å²) in [6.45, 7) is 1.51. The molecule has 9 heteroatoms. The molecule has 0 radical (unpaired) electrons. The molecule has 1 aliphatic heterocycles. The minimum atomic E-state index is -0.894. The third-order valence-electron chi connectivity index (χ3n) is 7.16. The predicted molar refractivity (Wildman–Crippen MR) is 143 cm³/mol. The lowest BCUT2D eigenvalue weighted by atomic mass is 9.80. The van der Waals surface area contributed by atoms with E-state index in [1.807, 2.05) is 36.5 Å². The number of rotatable bonds is 7. The Morgan fingerprint density at radius 3 is 2.31 bits per heavy atom. The zero-order chi connectivity index (χ0) is 27.4. The molecule has 1 fully saturated rings. The van der Waals surface area contributed by atoms with Gasteiger partial charge in [0.25, 0.3) is 5.91 Å². The monoisotopic (exact) mass is 523 g/mol. The molecule has 5 rings (SSSR count). The molecule has 0 spiro atoms. The molecule has 0 bridgehead atoms. The SMILES string of the molecule is COc1ccc(C#N)c(C(=O)c2ccc(C(=O)NC3(c4ccc(-c5cn[nH]c5)cc4)CCNCC3)cc2)c1F. The number of ether oxygens (including phenoxy) is 1. The van der Waals surface area contributed by atoms with Gasteiger partial charge in [0.2, 0.25) is 0 Å². The van der Waals surface area contributed by atoms with Crippen molar-refractivity contribution in [3.05, 3.63) is 107 Å². The van der Waals surface area contributed by atoms with Gasteiger partial charge in [0.1, 0.15) is 6.07 Å². The topological polar surface area (TPSA) is 120 Å². The van der Waals surface area contributed by atoms with Crippen LogP contribution in [0.1, 0.15) is 50.2 Å². The summed E-state index contributed by atoms with van der Waals surface area (Å²) in [6.07, 6.45) is 5.02. The third kappa shape index (κ3) is 5.02. The molecule has 8 nitrogen and oxygen atoms in total. The van der Waals surface area contributed by atoms with Gasteiger partial charge in [-0.05, 0) is 61.3 Å². The summed E-state index contributed by atoms with van der Waals surface area (Å²) in [7, 11) is 1.29. The number of halogens is 1. The van der Waals surface area contributed by atoms with E-state index in [1.54, 1.807) is 6.20 Å². The summed E-state index contributed by atoms with van der Waals surface area (Å²) in [6, 6.07) is 18.6. The highest BCUT2D eigenvalue weighted by Gasteiger charge is 2.35. The van der Waals surface area contributed by atoms with E-state index in [-0.39, 0.29) is 28.3 Å². The van der Waals surface area contributed by atoms with E-state index >= 15 is 0 Å². The van der Waals surface area contributed by atoms with Gasteiger partial charge in [-0.2, -0.15) is 10.4 Å². The number of amides is 1. The van der Waals surface area contributed by atoms with E-state index in [1.165, 1.54) is 43.5 Å². The Bertz CT molecular complexity index is 1540. The fourth-order valence-electron chi connectivity index (χ4n) is 4.97. The van der Waals surface area contributed by atoms with Crippen LogP contribution >= 0.6 is 0 Å². The number of methoxy groups -OCH3 is 1.